The van der Waals surface area contributed by atoms with Gasteiger partial charge >= 0.3 is 5.97 Å². The van der Waals surface area contributed by atoms with Crippen LogP contribution in [0.1, 0.15) is 39.3 Å². The van der Waals surface area contributed by atoms with Crippen molar-refractivity contribution in [2.45, 2.75) is 19.3 Å². The number of ether oxygens (including phenoxy) is 2. The molecule has 1 aliphatic rings. The van der Waals surface area contributed by atoms with Crippen LogP contribution in [0.25, 0.3) is 11.3 Å². The first kappa shape index (κ1) is 15.2. The molecule has 0 aliphatic heterocycles. The molecule has 0 fully saturated rings. The van der Waals surface area contributed by atoms with Crippen molar-refractivity contribution in [2.75, 3.05) is 14.2 Å². The zero-order chi connectivity index (χ0) is 16.4. The van der Waals surface area contributed by atoms with E-state index in [1.165, 1.54) is 14.2 Å². The predicted molar refractivity (Wildman–Crippen MR) is 84.8 cm³/mol. The van der Waals surface area contributed by atoms with Crippen LogP contribution in [0, 0.1) is 0 Å². The maximum absolute atomic E-state index is 12.1. The number of pyridine rings is 1. The Morgan fingerprint density at radius 2 is 1.96 bits per heavy atom. The number of fused-ring (bicyclic) bond motifs is 1. The van der Waals surface area contributed by atoms with Gasteiger partial charge in [0.15, 0.2) is 17.2 Å². The molecule has 23 heavy (non-hydrogen) atoms. The van der Waals surface area contributed by atoms with E-state index in [2.05, 4.69) is 4.98 Å². The molecule has 118 valence electrons. The molecule has 5 nitrogen and oxygen atoms in total. The van der Waals surface area contributed by atoms with E-state index in [1.54, 1.807) is 12.1 Å². The van der Waals surface area contributed by atoms with Crippen LogP contribution in [0.2, 0.25) is 0 Å². The molecule has 0 radical (unpaired) electrons. The average molecular weight is 311 g/mol. The Labute approximate surface area is 134 Å². The molecule has 1 aromatic heterocycles. The van der Waals surface area contributed by atoms with Crippen LogP contribution < -0.4 is 4.74 Å². The Bertz CT molecular complexity index is 783. The molecular formula is C18H17NO4. The molecule has 0 amide bonds. The number of carbonyl (C=O) groups excluding carboxylic acids is 2. The van der Waals surface area contributed by atoms with Crippen LogP contribution in [-0.2, 0) is 11.2 Å². The number of ketones is 1. The Kier molecular flexibility index (Phi) is 4.10. The van der Waals surface area contributed by atoms with Gasteiger partial charge in [0.05, 0.1) is 19.9 Å². The highest BCUT2D eigenvalue weighted by Crippen LogP contribution is 2.28. The molecule has 0 N–H and O–H groups in total. The number of carbonyl (C=O) groups is 2. The van der Waals surface area contributed by atoms with Crippen molar-refractivity contribution >= 4 is 11.8 Å². The first-order chi connectivity index (χ1) is 11.1. The standard InChI is InChI=1S/C18H17NO4/c1-22-16-9-8-14(19-17(16)18(21)23-2)12-7-6-11-4-3-5-15(20)13(11)10-12/h6-10H,3-5H2,1-2H3. The van der Waals surface area contributed by atoms with E-state index in [4.69, 9.17) is 9.47 Å². The van der Waals surface area contributed by atoms with Gasteiger partial charge in [-0.1, -0.05) is 12.1 Å². The topological polar surface area (TPSA) is 65.5 Å². The van der Waals surface area contributed by atoms with Crippen LogP contribution in [0.3, 0.4) is 0 Å². The number of hydrogen-bond acceptors (Lipinski definition) is 5. The van der Waals surface area contributed by atoms with Crippen molar-refractivity contribution in [1.29, 1.82) is 0 Å². The number of methoxy groups -OCH3 is 2. The summed E-state index contributed by atoms with van der Waals surface area (Å²) < 4.78 is 9.89. The van der Waals surface area contributed by atoms with E-state index in [0.717, 1.165) is 29.5 Å². The van der Waals surface area contributed by atoms with Gasteiger partial charge in [-0.05, 0) is 36.6 Å². The van der Waals surface area contributed by atoms with Crippen LogP contribution >= 0.6 is 0 Å². The minimum absolute atomic E-state index is 0.122. The smallest absolute Gasteiger partial charge is 0.360 e. The van der Waals surface area contributed by atoms with E-state index in [9.17, 15) is 9.59 Å². The summed E-state index contributed by atoms with van der Waals surface area (Å²) in [5.74, 6) is -0.0397. The summed E-state index contributed by atoms with van der Waals surface area (Å²) in [6, 6.07) is 9.18. The fourth-order valence-corrected chi connectivity index (χ4v) is 2.80. The number of rotatable bonds is 3. The fourth-order valence-electron chi connectivity index (χ4n) is 2.80. The van der Waals surface area contributed by atoms with Crippen molar-refractivity contribution in [2.24, 2.45) is 0 Å². The Balaban J connectivity index is 2.07. The third-order valence-corrected chi connectivity index (χ3v) is 4.01. The quantitative estimate of drug-likeness (QED) is 0.815. The van der Waals surface area contributed by atoms with E-state index in [0.29, 0.717) is 17.9 Å². The maximum Gasteiger partial charge on any atom is 0.360 e. The number of aryl methyl sites for hydroxylation is 1. The minimum Gasteiger partial charge on any atom is -0.494 e. The molecule has 0 bridgehead atoms. The lowest BCUT2D eigenvalue weighted by Crippen LogP contribution is -2.11. The molecule has 1 heterocycles. The van der Waals surface area contributed by atoms with E-state index in [1.807, 2.05) is 18.2 Å². The summed E-state index contributed by atoms with van der Waals surface area (Å²) in [6.07, 6.45) is 2.41. The number of nitrogens with zero attached hydrogens (tertiary/aromatic N) is 1. The van der Waals surface area contributed by atoms with Crippen molar-refractivity contribution < 1.29 is 19.1 Å². The van der Waals surface area contributed by atoms with Crippen LogP contribution in [0.15, 0.2) is 30.3 Å². The molecule has 1 aromatic carbocycles. The van der Waals surface area contributed by atoms with Gasteiger partial charge in [0, 0.05) is 17.5 Å². The minimum atomic E-state index is -0.558. The van der Waals surface area contributed by atoms with Crippen molar-refractivity contribution in [3.8, 4) is 17.0 Å². The summed E-state index contributed by atoms with van der Waals surface area (Å²) in [5.41, 5.74) is 3.36. The van der Waals surface area contributed by atoms with Gasteiger partial charge in [0.2, 0.25) is 0 Å². The zero-order valence-corrected chi connectivity index (χ0v) is 13.1. The van der Waals surface area contributed by atoms with E-state index in [-0.39, 0.29) is 11.5 Å². The number of esters is 1. The van der Waals surface area contributed by atoms with E-state index >= 15 is 0 Å². The molecule has 5 heteroatoms. The second-order valence-electron chi connectivity index (χ2n) is 5.39. The van der Waals surface area contributed by atoms with Crippen molar-refractivity contribution in [1.82, 2.24) is 4.98 Å². The van der Waals surface area contributed by atoms with E-state index < -0.39 is 5.97 Å². The molecule has 0 saturated heterocycles. The Morgan fingerprint density at radius 1 is 1.13 bits per heavy atom. The molecule has 3 rings (SSSR count). The number of Topliss-reactive ketones (excluding diaryl/α,β-unsaturated/α-hetero) is 1. The highest BCUT2D eigenvalue weighted by Gasteiger charge is 2.20. The first-order valence-electron chi connectivity index (χ1n) is 7.44. The first-order valence-corrected chi connectivity index (χ1v) is 7.44. The Hall–Kier alpha value is -2.69. The van der Waals surface area contributed by atoms with Crippen molar-refractivity contribution in [3.05, 3.63) is 47.2 Å². The lowest BCUT2D eigenvalue weighted by atomic mass is 9.89. The number of aromatic nitrogens is 1. The summed E-state index contributed by atoms with van der Waals surface area (Å²) in [7, 11) is 2.77. The third-order valence-electron chi connectivity index (χ3n) is 4.01. The largest absolute Gasteiger partial charge is 0.494 e. The molecule has 2 aromatic rings. The molecule has 0 unspecified atom stereocenters. The molecular weight excluding hydrogens is 294 g/mol. The average Bonchev–Trinajstić information content (AvgIpc) is 2.60. The van der Waals surface area contributed by atoms with Gasteiger partial charge in [0.1, 0.15) is 0 Å². The van der Waals surface area contributed by atoms with Crippen LogP contribution in [0.5, 0.6) is 5.75 Å². The highest BCUT2D eigenvalue weighted by atomic mass is 16.5. The molecule has 0 saturated carbocycles. The fraction of sp³-hybridized carbons (Fsp3) is 0.278. The highest BCUT2D eigenvalue weighted by molar-refractivity contribution is 5.99. The summed E-state index contributed by atoms with van der Waals surface area (Å²) >= 11 is 0. The molecule has 0 spiro atoms. The summed E-state index contributed by atoms with van der Waals surface area (Å²) in [6.45, 7) is 0. The maximum atomic E-state index is 12.1. The van der Waals surface area contributed by atoms with Gasteiger partial charge in [-0.15, -0.1) is 0 Å². The monoisotopic (exact) mass is 311 g/mol. The normalized spacial score (nSPS) is 13.4. The van der Waals surface area contributed by atoms with Gasteiger partial charge in [-0.2, -0.15) is 0 Å². The lowest BCUT2D eigenvalue weighted by Gasteiger charge is -2.16. The van der Waals surface area contributed by atoms with Crippen LogP contribution in [0.4, 0.5) is 0 Å². The SMILES string of the molecule is COC(=O)c1nc(-c2ccc3c(c2)C(=O)CCC3)ccc1OC. The Morgan fingerprint density at radius 3 is 2.70 bits per heavy atom. The van der Waals surface area contributed by atoms with Gasteiger partial charge < -0.3 is 9.47 Å². The van der Waals surface area contributed by atoms with Gasteiger partial charge in [-0.3, -0.25) is 4.79 Å². The number of benzene rings is 1. The summed E-state index contributed by atoms with van der Waals surface area (Å²) in [4.78, 5) is 28.3. The lowest BCUT2D eigenvalue weighted by molar-refractivity contribution is 0.0590. The zero-order valence-electron chi connectivity index (χ0n) is 13.1. The summed E-state index contributed by atoms with van der Waals surface area (Å²) in [5, 5.41) is 0. The second-order valence-corrected chi connectivity index (χ2v) is 5.39. The molecule has 1 aliphatic carbocycles. The van der Waals surface area contributed by atoms with Gasteiger partial charge in [0.25, 0.3) is 0 Å². The second kappa shape index (κ2) is 6.20. The third kappa shape index (κ3) is 2.82. The number of hydrogen-bond donors (Lipinski definition) is 0. The van der Waals surface area contributed by atoms with Crippen molar-refractivity contribution in [3.63, 3.8) is 0 Å². The van der Waals surface area contributed by atoms with Crippen LogP contribution in [-0.4, -0.2) is 31.0 Å². The predicted octanol–water partition coefficient (Wildman–Crippen LogP) is 3.06. The van der Waals surface area contributed by atoms with Gasteiger partial charge in [-0.25, -0.2) is 9.78 Å². The molecule has 0 atom stereocenters.